The van der Waals surface area contributed by atoms with Crippen molar-refractivity contribution in [3.8, 4) is 0 Å². The molecule has 112 valence electrons. The monoisotopic (exact) mass is 310 g/mol. The Morgan fingerprint density at radius 1 is 1.20 bits per heavy atom. The Morgan fingerprint density at radius 2 is 1.85 bits per heavy atom. The Morgan fingerprint density at radius 3 is 2.40 bits per heavy atom. The maximum atomic E-state index is 5.82. The van der Waals surface area contributed by atoms with E-state index in [1.807, 2.05) is 0 Å². The molecule has 1 aliphatic rings. The number of nitrogens with two attached hydrogens (primary N) is 1. The minimum Gasteiger partial charge on any atom is -0.271 e. The number of rotatable bonds is 5. The van der Waals surface area contributed by atoms with Crippen LogP contribution in [0.5, 0.6) is 0 Å². The molecule has 0 spiro atoms. The molecular formula is C16H26N2S2. The van der Waals surface area contributed by atoms with Crippen LogP contribution >= 0.6 is 23.5 Å². The van der Waals surface area contributed by atoms with E-state index in [9.17, 15) is 0 Å². The summed E-state index contributed by atoms with van der Waals surface area (Å²) in [7, 11) is 0. The molecule has 0 amide bonds. The molecule has 1 saturated heterocycles. The second-order valence-corrected chi connectivity index (χ2v) is 8.60. The quantitative estimate of drug-likeness (QED) is 0.647. The van der Waals surface area contributed by atoms with E-state index in [0.717, 1.165) is 18.1 Å². The van der Waals surface area contributed by atoms with Gasteiger partial charge in [0, 0.05) is 27.5 Å². The molecule has 0 radical (unpaired) electrons. The third-order valence-corrected chi connectivity index (χ3v) is 7.67. The first kappa shape index (κ1) is 16.2. The van der Waals surface area contributed by atoms with Crippen molar-refractivity contribution in [1.29, 1.82) is 0 Å². The van der Waals surface area contributed by atoms with Crippen molar-refractivity contribution in [2.45, 2.75) is 55.4 Å². The van der Waals surface area contributed by atoms with Gasteiger partial charge < -0.3 is 0 Å². The summed E-state index contributed by atoms with van der Waals surface area (Å²) in [6.07, 6.45) is 2.11. The van der Waals surface area contributed by atoms with Crippen molar-refractivity contribution in [2.75, 3.05) is 5.75 Å². The highest BCUT2D eigenvalue weighted by atomic mass is 32.2. The fraction of sp³-hybridized carbons (Fsp3) is 0.625. The van der Waals surface area contributed by atoms with Crippen LogP contribution in [0.3, 0.4) is 0 Å². The molecule has 1 aliphatic heterocycles. The number of hydrogen-bond donors (Lipinski definition) is 2. The lowest BCUT2D eigenvalue weighted by Gasteiger charge is -2.35. The number of hydrogen-bond acceptors (Lipinski definition) is 4. The average molecular weight is 311 g/mol. The molecule has 20 heavy (non-hydrogen) atoms. The highest BCUT2D eigenvalue weighted by molar-refractivity contribution is 8.07. The summed E-state index contributed by atoms with van der Waals surface area (Å²) in [5, 5.41) is 2.05. The SMILES string of the molecule is CCc1ccc(CC(NN)C2CSC(C)C(C)S2)cc1. The van der Waals surface area contributed by atoms with Crippen LogP contribution in [-0.2, 0) is 12.8 Å². The Balaban J connectivity index is 1.97. The Hall–Kier alpha value is -0.160. The minimum absolute atomic E-state index is 0.356. The summed E-state index contributed by atoms with van der Waals surface area (Å²) in [5.41, 5.74) is 5.83. The van der Waals surface area contributed by atoms with Crippen LogP contribution < -0.4 is 11.3 Å². The van der Waals surface area contributed by atoms with Gasteiger partial charge in [-0.1, -0.05) is 45.0 Å². The van der Waals surface area contributed by atoms with Gasteiger partial charge in [-0.15, -0.1) is 0 Å². The third kappa shape index (κ3) is 4.17. The molecule has 4 unspecified atom stereocenters. The molecule has 1 heterocycles. The molecule has 1 aromatic carbocycles. The highest BCUT2D eigenvalue weighted by Crippen LogP contribution is 2.37. The van der Waals surface area contributed by atoms with Crippen LogP contribution in [0.1, 0.15) is 31.9 Å². The van der Waals surface area contributed by atoms with E-state index in [0.29, 0.717) is 16.5 Å². The van der Waals surface area contributed by atoms with E-state index < -0.39 is 0 Å². The molecule has 3 N–H and O–H groups in total. The molecule has 0 bridgehead atoms. The van der Waals surface area contributed by atoms with Crippen LogP contribution in [0, 0.1) is 0 Å². The van der Waals surface area contributed by atoms with Gasteiger partial charge in [-0.05, 0) is 24.0 Å². The van der Waals surface area contributed by atoms with Crippen molar-refractivity contribution in [1.82, 2.24) is 5.43 Å². The molecule has 0 saturated carbocycles. The summed E-state index contributed by atoms with van der Waals surface area (Å²) in [6, 6.07) is 9.31. The van der Waals surface area contributed by atoms with Gasteiger partial charge in [0.2, 0.25) is 0 Å². The highest BCUT2D eigenvalue weighted by Gasteiger charge is 2.30. The summed E-state index contributed by atoms with van der Waals surface area (Å²) >= 11 is 4.17. The summed E-state index contributed by atoms with van der Waals surface area (Å²) in [4.78, 5) is 0. The first-order valence-electron chi connectivity index (χ1n) is 7.45. The zero-order chi connectivity index (χ0) is 14.5. The van der Waals surface area contributed by atoms with Gasteiger partial charge in [0.05, 0.1) is 0 Å². The van der Waals surface area contributed by atoms with Gasteiger partial charge >= 0.3 is 0 Å². The zero-order valence-electron chi connectivity index (χ0n) is 12.6. The second-order valence-electron chi connectivity index (χ2n) is 5.57. The minimum atomic E-state index is 0.356. The van der Waals surface area contributed by atoms with Gasteiger partial charge in [0.1, 0.15) is 0 Å². The van der Waals surface area contributed by atoms with Crippen molar-refractivity contribution < 1.29 is 0 Å². The van der Waals surface area contributed by atoms with Crippen molar-refractivity contribution in [2.24, 2.45) is 5.84 Å². The number of benzene rings is 1. The largest absolute Gasteiger partial charge is 0.271 e. The number of thioether (sulfide) groups is 2. The molecule has 0 aromatic heterocycles. The maximum absolute atomic E-state index is 5.82. The predicted molar refractivity (Wildman–Crippen MR) is 93.4 cm³/mol. The molecule has 2 nitrogen and oxygen atoms in total. The fourth-order valence-electron chi connectivity index (χ4n) is 2.48. The van der Waals surface area contributed by atoms with Gasteiger partial charge in [0.15, 0.2) is 0 Å². The van der Waals surface area contributed by atoms with Crippen molar-refractivity contribution >= 4 is 23.5 Å². The lowest BCUT2D eigenvalue weighted by atomic mass is 10.0. The lowest BCUT2D eigenvalue weighted by Crippen LogP contribution is -2.47. The van der Waals surface area contributed by atoms with Gasteiger partial charge in [0.25, 0.3) is 0 Å². The van der Waals surface area contributed by atoms with Crippen molar-refractivity contribution in [3.05, 3.63) is 35.4 Å². The number of hydrazine groups is 1. The fourth-order valence-corrected chi connectivity index (χ4v) is 5.59. The zero-order valence-corrected chi connectivity index (χ0v) is 14.3. The van der Waals surface area contributed by atoms with Gasteiger partial charge in [-0.25, -0.2) is 0 Å². The first-order valence-corrected chi connectivity index (χ1v) is 9.44. The van der Waals surface area contributed by atoms with E-state index in [1.54, 1.807) is 0 Å². The van der Waals surface area contributed by atoms with E-state index in [-0.39, 0.29) is 0 Å². The van der Waals surface area contributed by atoms with Crippen LogP contribution in [0.15, 0.2) is 24.3 Å². The Labute approximate surface area is 131 Å². The van der Waals surface area contributed by atoms with Crippen LogP contribution in [0.25, 0.3) is 0 Å². The first-order chi connectivity index (χ1) is 9.63. The summed E-state index contributed by atoms with van der Waals surface area (Å²) in [6.45, 7) is 6.85. The number of nitrogens with one attached hydrogen (secondary N) is 1. The van der Waals surface area contributed by atoms with Gasteiger partial charge in [-0.3, -0.25) is 11.3 Å². The van der Waals surface area contributed by atoms with Gasteiger partial charge in [-0.2, -0.15) is 23.5 Å². The normalized spacial score (nSPS) is 28.3. The van der Waals surface area contributed by atoms with Crippen LogP contribution in [-0.4, -0.2) is 27.5 Å². The van der Waals surface area contributed by atoms with E-state index in [2.05, 4.69) is 74.0 Å². The topological polar surface area (TPSA) is 38.0 Å². The smallest absolute Gasteiger partial charge is 0.0377 e. The second kappa shape index (κ2) is 7.74. The average Bonchev–Trinajstić information content (AvgIpc) is 2.48. The summed E-state index contributed by atoms with van der Waals surface area (Å²) < 4.78 is 0. The van der Waals surface area contributed by atoms with Crippen LogP contribution in [0.4, 0.5) is 0 Å². The molecule has 2 rings (SSSR count). The molecule has 1 fully saturated rings. The van der Waals surface area contributed by atoms with Crippen molar-refractivity contribution in [3.63, 3.8) is 0 Å². The molecule has 1 aromatic rings. The predicted octanol–water partition coefficient (Wildman–Crippen LogP) is 3.25. The maximum Gasteiger partial charge on any atom is 0.0377 e. The molecule has 4 heteroatoms. The van der Waals surface area contributed by atoms with Crippen LogP contribution in [0.2, 0.25) is 0 Å². The molecular weight excluding hydrogens is 284 g/mol. The van der Waals surface area contributed by atoms with E-state index in [1.165, 1.54) is 16.9 Å². The molecule has 4 atom stereocenters. The third-order valence-electron chi connectivity index (χ3n) is 4.12. The lowest BCUT2D eigenvalue weighted by molar-refractivity contribution is 0.521. The Kier molecular flexibility index (Phi) is 6.27. The van der Waals surface area contributed by atoms with E-state index >= 15 is 0 Å². The molecule has 0 aliphatic carbocycles. The summed E-state index contributed by atoms with van der Waals surface area (Å²) in [5.74, 6) is 7.01. The number of aryl methyl sites for hydroxylation is 1. The van der Waals surface area contributed by atoms with E-state index in [4.69, 9.17) is 5.84 Å². The Bertz CT molecular complexity index is 407. The standard InChI is InChI=1S/C16H26N2S2/c1-4-13-5-7-14(8-6-13)9-15(18-17)16-10-19-11(2)12(3)20-16/h5-8,11-12,15-16,18H,4,9-10,17H2,1-3H3.